The SMILES string of the molecule is CCC(C)CC(=O)c1cccc(Br)c1. The second-order valence-electron chi connectivity index (χ2n) is 3.65. The third kappa shape index (κ3) is 3.26. The lowest BCUT2D eigenvalue weighted by atomic mass is 9.98. The Labute approximate surface area is 93.7 Å². The van der Waals surface area contributed by atoms with Crippen LogP contribution in [0.15, 0.2) is 28.7 Å². The van der Waals surface area contributed by atoms with Crippen molar-refractivity contribution in [3.8, 4) is 0 Å². The Kier molecular flexibility index (Phi) is 4.33. The van der Waals surface area contributed by atoms with Crippen molar-refractivity contribution >= 4 is 21.7 Å². The van der Waals surface area contributed by atoms with Crippen molar-refractivity contribution in [3.63, 3.8) is 0 Å². The van der Waals surface area contributed by atoms with E-state index in [1.54, 1.807) is 0 Å². The van der Waals surface area contributed by atoms with Crippen molar-refractivity contribution in [2.24, 2.45) is 5.92 Å². The Morgan fingerprint density at radius 3 is 2.79 bits per heavy atom. The molecule has 2 heteroatoms. The zero-order valence-electron chi connectivity index (χ0n) is 8.59. The van der Waals surface area contributed by atoms with Crippen LogP contribution in [0.4, 0.5) is 0 Å². The highest BCUT2D eigenvalue weighted by Crippen LogP contribution is 2.16. The molecule has 0 aliphatic carbocycles. The Bertz CT molecular complexity index is 320. The van der Waals surface area contributed by atoms with Crippen LogP contribution in [0, 0.1) is 5.92 Å². The number of ketones is 1. The van der Waals surface area contributed by atoms with Crippen LogP contribution < -0.4 is 0 Å². The van der Waals surface area contributed by atoms with Gasteiger partial charge in [0.05, 0.1) is 0 Å². The van der Waals surface area contributed by atoms with E-state index in [9.17, 15) is 4.79 Å². The molecule has 0 saturated heterocycles. The van der Waals surface area contributed by atoms with Gasteiger partial charge in [0.15, 0.2) is 5.78 Å². The van der Waals surface area contributed by atoms with Gasteiger partial charge in [-0.1, -0.05) is 48.3 Å². The van der Waals surface area contributed by atoms with Crippen LogP contribution in [0.25, 0.3) is 0 Å². The van der Waals surface area contributed by atoms with Gasteiger partial charge in [0.2, 0.25) is 0 Å². The first kappa shape index (κ1) is 11.4. The quantitative estimate of drug-likeness (QED) is 0.741. The third-order valence-electron chi connectivity index (χ3n) is 2.38. The van der Waals surface area contributed by atoms with E-state index in [1.807, 2.05) is 24.3 Å². The second kappa shape index (κ2) is 5.30. The summed E-state index contributed by atoms with van der Waals surface area (Å²) in [4.78, 5) is 11.7. The van der Waals surface area contributed by atoms with Gasteiger partial charge in [-0.25, -0.2) is 0 Å². The number of hydrogen-bond donors (Lipinski definition) is 0. The van der Waals surface area contributed by atoms with E-state index in [2.05, 4.69) is 29.8 Å². The van der Waals surface area contributed by atoms with E-state index in [0.29, 0.717) is 12.3 Å². The van der Waals surface area contributed by atoms with Crippen LogP contribution in [-0.2, 0) is 0 Å². The number of rotatable bonds is 4. The first-order valence-electron chi connectivity index (χ1n) is 4.92. The number of Topliss-reactive ketones (excluding diaryl/α,β-unsaturated/α-hetero) is 1. The molecular formula is C12H15BrO. The predicted octanol–water partition coefficient (Wildman–Crippen LogP) is 4.07. The summed E-state index contributed by atoms with van der Waals surface area (Å²) in [5.74, 6) is 0.710. The van der Waals surface area contributed by atoms with Gasteiger partial charge in [0.25, 0.3) is 0 Å². The highest BCUT2D eigenvalue weighted by Gasteiger charge is 2.09. The average Bonchev–Trinajstić information content (AvgIpc) is 2.17. The molecule has 1 rings (SSSR count). The molecule has 0 amide bonds. The molecule has 0 fully saturated rings. The molecule has 1 aromatic carbocycles. The van der Waals surface area contributed by atoms with Gasteiger partial charge in [-0.3, -0.25) is 4.79 Å². The summed E-state index contributed by atoms with van der Waals surface area (Å²) in [7, 11) is 0. The van der Waals surface area contributed by atoms with Crippen LogP contribution in [0.5, 0.6) is 0 Å². The van der Waals surface area contributed by atoms with Crippen molar-refractivity contribution in [2.45, 2.75) is 26.7 Å². The van der Waals surface area contributed by atoms with E-state index < -0.39 is 0 Å². The molecule has 1 atom stereocenters. The highest BCUT2D eigenvalue weighted by atomic mass is 79.9. The first-order chi connectivity index (χ1) is 6.63. The molecule has 0 N–H and O–H groups in total. The molecule has 76 valence electrons. The number of carbonyl (C=O) groups excluding carboxylic acids is 1. The molecule has 1 nitrogen and oxygen atoms in total. The fourth-order valence-electron chi connectivity index (χ4n) is 1.24. The fraction of sp³-hybridized carbons (Fsp3) is 0.417. The molecule has 0 aliphatic rings. The maximum Gasteiger partial charge on any atom is 0.163 e. The van der Waals surface area contributed by atoms with E-state index in [0.717, 1.165) is 16.5 Å². The number of benzene rings is 1. The Morgan fingerprint density at radius 2 is 2.21 bits per heavy atom. The van der Waals surface area contributed by atoms with Gasteiger partial charge in [-0.2, -0.15) is 0 Å². The molecule has 0 aliphatic heterocycles. The van der Waals surface area contributed by atoms with Crippen LogP contribution in [0.3, 0.4) is 0 Å². The average molecular weight is 255 g/mol. The van der Waals surface area contributed by atoms with Crippen LogP contribution in [-0.4, -0.2) is 5.78 Å². The first-order valence-corrected chi connectivity index (χ1v) is 5.71. The molecule has 1 aromatic rings. The van der Waals surface area contributed by atoms with Crippen molar-refractivity contribution in [1.29, 1.82) is 0 Å². The van der Waals surface area contributed by atoms with Crippen molar-refractivity contribution < 1.29 is 4.79 Å². The van der Waals surface area contributed by atoms with Crippen LogP contribution in [0.1, 0.15) is 37.0 Å². The maximum absolute atomic E-state index is 11.7. The van der Waals surface area contributed by atoms with Gasteiger partial charge in [0, 0.05) is 16.5 Å². The predicted molar refractivity (Wildman–Crippen MR) is 62.5 cm³/mol. The van der Waals surface area contributed by atoms with E-state index >= 15 is 0 Å². The summed E-state index contributed by atoms with van der Waals surface area (Å²) in [5.41, 5.74) is 0.805. The Morgan fingerprint density at radius 1 is 1.50 bits per heavy atom. The highest BCUT2D eigenvalue weighted by molar-refractivity contribution is 9.10. The van der Waals surface area contributed by atoms with Gasteiger partial charge in [-0.05, 0) is 18.1 Å². The number of carbonyl (C=O) groups is 1. The number of hydrogen-bond acceptors (Lipinski definition) is 1. The van der Waals surface area contributed by atoms with E-state index in [4.69, 9.17) is 0 Å². The standard InChI is InChI=1S/C12H15BrO/c1-3-9(2)7-12(14)10-5-4-6-11(13)8-10/h4-6,8-9H,3,7H2,1-2H3. The number of halogens is 1. The lowest BCUT2D eigenvalue weighted by molar-refractivity contribution is 0.0963. The minimum atomic E-state index is 0.237. The topological polar surface area (TPSA) is 17.1 Å². The van der Waals surface area contributed by atoms with Gasteiger partial charge in [0.1, 0.15) is 0 Å². The zero-order valence-corrected chi connectivity index (χ0v) is 10.2. The van der Waals surface area contributed by atoms with Crippen molar-refractivity contribution in [2.75, 3.05) is 0 Å². The van der Waals surface area contributed by atoms with Crippen LogP contribution >= 0.6 is 15.9 Å². The molecular weight excluding hydrogens is 240 g/mol. The largest absolute Gasteiger partial charge is 0.294 e. The van der Waals surface area contributed by atoms with Gasteiger partial charge < -0.3 is 0 Å². The summed E-state index contributed by atoms with van der Waals surface area (Å²) >= 11 is 3.36. The van der Waals surface area contributed by atoms with E-state index in [1.165, 1.54) is 0 Å². The second-order valence-corrected chi connectivity index (χ2v) is 4.57. The summed E-state index contributed by atoms with van der Waals surface area (Å²) in [6.07, 6.45) is 1.70. The summed E-state index contributed by atoms with van der Waals surface area (Å²) in [6.45, 7) is 4.22. The smallest absolute Gasteiger partial charge is 0.163 e. The van der Waals surface area contributed by atoms with Crippen LogP contribution in [0.2, 0.25) is 0 Å². The molecule has 0 bridgehead atoms. The molecule has 0 heterocycles. The Balaban J connectivity index is 2.70. The fourth-order valence-corrected chi connectivity index (χ4v) is 1.64. The monoisotopic (exact) mass is 254 g/mol. The summed E-state index contributed by atoms with van der Waals surface area (Å²) in [6, 6.07) is 7.58. The summed E-state index contributed by atoms with van der Waals surface area (Å²) in [5, 5.41) is 0. The molecule has 0 saturated carbocycles. The minimum absolute atomic E-state index is 0.237. The molecule has 1 unspecified atom stereocenters. The Hall–Kier alpha value is -0.630. The minimum Gasteiger partial charge on any atom is -0.294 e. The lowest BCUT2D eigenvalue weighted by Crippen LogP contribution is -2.05. The lowest BCUT2D eigenvalue weighted by Gasteiger charge is -2.07. The zero-order chi connectivity index (χ0) is 10.6. The third-order valence-corrected chi connectivity index (χ3v) is 2.87. The molecule has 0 aromatic heterocycles. The van der Waals surface area contributed by atoms with Crippen molar-refractivity contribution in [1.82, 2.24) is 0 Å². The van der Waals surface area contributed by atoms with E-state index in [-0.39, 0.29) is 5.78 Å². The molecule has 14 heavy (non-hydrogen) atoms. The normalized spacial score (nSPS) is 12.5. The molecule has 0 radical (unpaired) electrons. The summed E-state index contributed by atoms with van der Waals surface area (Å²) < 4.78 is 0.965. The maximum atomic E-state index is 11.7. The van der Waals surface area contributed by atoms with Gasteiger partial charge >= 0.3 is 0 Å². The van der Waals surface area contributed by atoms with Gasteiger partial charge in [-0.15, -0.1) is 0 Å². The molecule has 0 spiro atoms. The van der Waals surface area contributed by atoms with Crippen molar-refractivity contribution in [3.05, 3.63) is 34.3 Å².